The molecule has 2 bridgehead atoms. The van der Waals surface area contributed by atoms with Crippen molar-refractivity contribution in [2.75, 3.05) is 20.8 Å². The lowest BCUT2D eigenvalue weighted by Gasteiger charge is -2.48. The minimum absolute atomic E-state index is 0.0277. The topological polar surface area (TPSA) is 167 Å². The summed E-state index contributed by atoms with van der Waals surface area (Å²) in [5, 5.41) is 23.8. The van der Waals surface area contributed by atoms with Crippen LogP contribution in [0.15, 0.2) is 70.9 Å². The summed E-state index contributed by atoms with van der Waals surface area (Å²) >= 11 is 0. The van der Waals surface area contributed by atoms with Gasteiger partial charge >= 0.3 is 5.97 Å². The lowest BCUT2D eigenvalue weighted by Crippen LogP contribution is -2.58. The molecule has 4 saturated heterocycles. The maximum absolute atomic E-state index is 14.4. The van der Waals surface area contributed by atoms with Crippen LogP contribution >= 0.6 is 0 Å². The first-order valence-corrected chi connectivity index (χ1v) is 23.4. The molecule has 6 aliphatic heterocycles. The number of aliphatic hydroxyl groups excluding tert-OH is 1. The Bertz CT molecular complexity index is 1850. The van der Waals surface area contributed by atoms with E-state index in [4.69, 9.17) is 47.4 Å². The molecule has 0 aromatic carbocycles. The van der Waals surface area contributed by atoms with Gasteiger partial charge in [-0.05, 0) is 74.5 Å². The highest BCUT2D eigenvalue weighted by Crippen LogP contribution is 2.47. The average molecular weight is 897 g/mol. The maximum Gasteiger partial charge on any atom is 0.316 e. The SMILES string of the molecule is CCC(C)C1OC2(C=CC1C)CC1CC(C/C=C(\C)C(OC3CC(OC)C(OC4CC(OC)/C(=C/C=O)C(C)O4)C(C)O3)C(C)/C=C/C=C3\COC4C(O)C(C)=CC(C(=O)O1)C34O)O2. The number of hydrogen-bond acceptors (Lipinski definition) is 14. The van der Waals surface area contributed by atoms with Gasteiger partial charge in [-0.2, -0.15) is 0 Å². The smallest absolute Gasteiger partial charge is 0.316 e. The Balaban J connectivity index is 1.17. The second-order valence-electron chi connectivity index (χ2n) is 19.2. The van der Waals surface area contributed by atoms with Gasteiger partial charge in [0.25, 0.3) is 0 Å². The minimum atomic E-state index is -1.84. The zero-order chi connectivity index (χ0) is 46.1. The Morgan fingerprint density at radius 1 is 0.953 bits per heavy atom. The summed E-state index contributed by atoms with van der Waals surface area (Å²) in [6.07, 6.45) is 11.7. The molecule has 0 aromatic heterocycles. The Morgan fingerprint density at radius 3 is 2.44 bits per heavy atom. The molecule has 7 rings (SSSR count). The van der Waals surface area contributed by atoms with Crippen LogP contribution in [-0.2, 0) is 57.0 Å². The molecule has 0 amide bonds. The van der Waals surface area contributed by atoms with Crippen LogP contribution in [0.5, 0.6) is 0 Å². The van der Waals surface area contributed by atoms with Gasteiger partial charge in [0.1, 0.15) is 42.2 Å². The highest BCUT2D eigenvalue weighted by molar-refractivity contribution is 5.78. The third-order valence-electron chi connectivity index (χ3n) is 14.7. The molecule has 1 spiro atoms. The van der Waals surface area contributed by atoms with E-state index in [0.29, 0.717) is 43.3 Å². The Labute approximate surface area is 378 Å². The zero-order valence-corrected chi connectivity index (χ0v) is 39.3. The number of carbonyl (C=O) groups is 2. The molecule has 4 fully saturated rings. The third kappa shape index (κ3) is 10.0. The summed E-state index contributed by atoms with van der Waals surface area (Å²) in [4.78, 5) is 25.7. The van der Waals surface area contributed by atoms with E-state index in [9.17, 15) is 19.8 Å². The number of hydrogen-bond donors (Lipinski definition) is 2. The Kier molecular flexibility index (Phi) is 15.8. The predicted octanol–water partition coefficient (Wildman–Crippen LogP) is 6.14. The van der Waals surface area contributed by atoms with Crippen LogP contribution in [0.25, 0.3) is 0 Å². The van der Waals surface area contributed by atoms with Crippen molar-refractivity contribution in [2.24, 2.45) is 23.7 Å². The lowest BCUT2D eigenvalue weighted by molar-refractivity contribution is -0.305. The van der Waals surface area contributed by atoms with Crippen LogP contribution in [0.3, 0.4) is 0 Å². The Morgan fingerprint density at radius 2 is 1.72 bits per heavy atom. The van der Waals surface area contributed by atoms with Crippen molar-refractivity contribution < 1.29 is 67.2 Å². The van der Waals surface area contributed by atoms with E-state index in [-0.39, 0.29) is 42.7 Å². The molecule has 0 saturated carbocycles. The van der Waals surface area contributed by atoms with Gasteiger partial charge in [0.2, 0.25) is 0 Å². The third-order valence-corrected chi connectivity index (χ3v) is 14.7. The maximum atomic E-state index is 14.4. The van der Waals surface area contributed by atoms with Crippen molar-refractivity contribution >= 4 is 12.3 Å². The van der Waals surface area contributed by atoms with Crippen LogP contribution in [0, 0.1) is 23.7 Å². The summed E-state index contributed by atoms with van der Waals surface area (Å²) in [5.74, 6) is -2.59. The molecule has 6 heterocycles. The van der Waals surface area contributed by atoms with Gasteiger partial charge in [-0.1, -0.05) is 70.6 Å². The molecule has 19 atom stereocenters. The van der Waals surface area contributed by atoms with Crippen LogP contribution in [0.2, 0.25) is 0 Å². The number of esters is 1. The van der Waals surface area contributed by atoms with E-state index in [1.165, 1.54) is 6.08 Å². The monoisotopic (exact) mass is 896 g/mol. The van der Waals surface area contributed by atoms with Crippen molar-refractivity contribution in [2.45, 2.75) is 185 Å². The van der Waals surface area contributed by atoms with Crippen molar-refractivity contribution in [1.29, 1.82) is 0 Å². The molecule has 14 heteroatoms. The second kappa shape index (κ2) is 20.6. The molecular formula is C50H72O14. The molecule has 19 unspecified atom stereocenters. The van der Waals surface area contributed by atoms with Gasteiger partial charge in [-0.3, -0.25) is 9.59 Å². The van der Waals surface area contributed by atoms with E-state index >= 15 is 0 Å². The second-order valence-corrected chi connectivity index (χ2v) is 19.2. The van der Waals surface area contributed by atoms with Crippen LogP contribution in [0.4, 0.5) is 0 Å². The summed E-state index contributed by atoms with van der Waals surface area (Å²) < 4.78 is 64.2. The Hall–Kier alpha value is -2.86. The van der Waals surface area contributed by atoms with Gasteiger partial charge < -0.3 is 57.6 Å². The lowest BCUT2D eigenvalue weighted by atomic mass is 9.71. The quantitative estimate of drug-likeness (QED) is 0.117. The number of carbonyl (C=O) groups excluding carboxylic acids is 2. The fourth-order valence-electron chi connectivity index (χ4n) is 10.8. The predicted molar refractivity (Wildman–Crippen MR) is 235 cm³/mol. The normalized spacial score (nSPS) is 47.4. The number of ether oxygens (including phenoxy) is 10. The molecule has 64 heavy (non-hydrogen) atoms. The fourth-order valence-corrected chi connectivity index (χ4v) is 10.8. The van der Waals surface area contributed by atoms with E-state index in [0.717, 1.165) is 23.9 Å². The number of aldehydes is 1. The van der Waals surface area contributed by atoms with Crippen molar-refractivity contribution in [3.63, 3.8) is 0 Å². The molecule has 1 aliphatic carbocycles. The van der Waals surface area contributed by atoms with Gasteiger partial charge in [0, 0.05) is 51.7 Å². The van der Waals surface area contributed by atoms with E-state index in [1.54, 1.807) is 33.3 Å². The van der Waals surface area contributed by atoms with E-state index in [1.807, 2.05) is 39.0 Å². The van der Waals surface area contributed by atoms with Crippen molar-refractivity contribution in [3.05, 3.63) is 70.9 Å². The highest BCUT2D eigenvalue weighted by Gasteiger charge is 2.60. The number of aliphatic hydroxyl groups is 2. The van der Waals surface area contributed by atoms with Crippen LogP contribution in [-0.4, -0.2) is 134 Å². The molecule has 0 radical (unpaired) electrons. The van der Waals surface area contributed by atoms with Gasteiger partial charge in [0.05, 0.1) is 49.3 Å². The van der Waals surface area contributed by atoms with Crippen LogP contribution in [0.1, 0.15) is 93.9 Å². The minimum Gasteiger partial charge on any atom is -0.462 e. The van der Waals surface area contributed by atoms with Crippen molar-refractivity contribution in [3.8, 4) is 0 Å². The average Bonchev–Trinajstić information content (AvgIpc) is 3.61. The van der Waals surface area contributed by atoms with Gasteiger partial charge in [-0.15, -0.1) is 0 Å². The molecule has 0 aromatic rings. The number of methoxy groups -OCH3 is 2. The molecule has 356 valence electrons. The van der Waals surface area contributed by atoms with Crippen LogP contribution < -0.4 is 0 Å². The molecular weight excluding hydrogens is 825 g/mol. The van der Waals surface area contributed by atoms with E-state index < -0.39 is 84.7 Å². The first-order valence-electron chi connectivity index (χ1n) is 23.4. The molecule has 14 nitrogen and oxygen atoms in total. The summed E-state index contributed by atoms with van der Waals surface area (Å²) in [5.41, 5.74) is 0.884. The number of fused-ring (bicyclic) bond motifs is 2. The zero-order valence-electron chi connectivity index (χ0n) is 39.3. The summed E-state index contributed by atoms with van der Waals surface area (Å²) in [7, 11) is 3.26. The number of allylic oxidation sites excluding steroid dienone is 3. The summed E-state index contributed by atoms with van der Waals surface area (Å²) in [6, 6.07) is 0. The largest absolute Gasteiger partial charge is 0.462 e. The number of rotatable bonds is 9. The van der Waals surface area contributed by atoms with Gasteiger partial charge in [-0.25, -0.2) is 0 Å². The highest BCUT2D eigenvalue weighted by atomic mass is 16.7. The summed E-state index contributed by atoms with van der Waals surface area (Å²) in [6.45, 7) is 16.2. The first-order chi connectivity index (χ1) is 30.5. The molecule has 2 N–H and O–H groups in total. The van der Waals surface area contributed by atoms with Gasteiger partial charge in [0.15, 0.2) is 18.4 Å². The van der Waals surface area contributed by atoms with E-state index in [2.05, 4.69) is 39.8 Å². The fraction of sp³-hybridized carbons (Fsp3) is 0.720. The molecule has 7 aliphatic rings. The standard InChI is InChI=1S/C50H72O14/c1-11-27(2)45-30(5)17-19-49(64-45)25-36-22-35(63-49)16-15-29(4)44(28(3)13-12-14-34-26-57-47-43(52)31(6)21-38(48(53)60-36)50(34,47)54)61-42-24-40(56-10)46(33(8)59-42)62-41-23-39(55-9)37(18-20-51)32(7)58-41/h12-15,17-21,27-28,30,32-33,35-36,38-47,52,54H,11,16,22-26H2,1-10H3/b13-12+,29-15+,34-14+,37-18+. The van der Waals surface area contributed by atoms with Crippen molar-refractivity contribution in [1.82, 2.24) is 0 Å². The first kappa shape index (κ1) is 49.1.